The number of ether oxygens (including phenoxy) is 1. The zero-order valence-electron chi connectivity index (χ0n) is 26.2. The molecule has 6 aliphatic carbocycles. The maximum Gasteiger partial charge on any atom is 0.220 e. The average Bonchev–Trinajstić information content (AvgIpc) is 3.70. The highest BCUT2D eigenvalue weighted by Crippen LogP contribution is 2.77. The predicted molar refractivity (Wildman–Crippen MR) is 159 cm³/mol. The normalized spacial score (nSPS) is 44.7. The topological polar surface area (TPSA) is 96.3 Å². The first-order valence-electron chi connectivity index (χ1n) is 16.6. The molecule has 6 heteroatoms. The van der Waals surface area contributed by atoms with Gasteiger partial charge in [0, 0.05) is 23.2 Å². The number of hydrogen-bond acceptors (Lipinski definition) is 5. The molecule has 1 aliphatic heterocycles. The van der Waals surface area contributed by atoms with Gasteiger partial charge in [-0.2, -0.15) is 5.26 Å². The maximum absolute atomic E-state index is 14.7. The molecule has 7 atom stereocenters. The highest BCUT2D eigenvalue weighted by Gasteiger charge is 2.72. The number of fused-ring (bicyclic) bond motifs is 8. The first-order chi connectivity index (χ1) is 19.7. The highest BCUT2D eigenvalue weighted by molar-refractivity contribution is 6.06. The first kappa shape index (κ1) is 28.5. The van der Waals surface area contributed by atoms with Crippen LogP contribution in [0.1, 0.15) is 105 Å². The van der Waals surface area contributed by atoms with Crippen LogP contribution in [0, 0.1) is 61.6 Å². The van der Waals surface area contributed by atoms with Crippen molar-refractivity contribution in [1.29, 1.82) is 5.26 Å². The molecule has 0 bridgehead atoms. The number of nitriles is 1. The molecule has 1 N–H and O–H groups in total. The zero-order chi connectivity index (χ0) is 29.9. The summed E-state index contributed by atoms with van der Waals surface area (Å²) in [6.45, 7) is 13.0. The molecule has 7 rings (SSSR count). The van der Waals surface area contributed by atoms with E-state index < -0.39 is 10.8 Å². The Kier molecular flexibility index (Phi) is 6.04. The summed E-state index contributed by atoms with van der Waals surface area (Å²) < 4.78 is 5.25. The Morgan fingerprint density at radius 3 is 2.38 bits per heavy atom. The zero-order valence-corrected chi connectivity index (χ0v) is 26.2. The van der Waals surface area contributed by atoms with Gasteiger partial charge in [-0.05, 0) is 104 Å². The van der Waals surface area contributed by atoms with Crippen LogP contribution < -0.4 is 5.32 Å². The summed E-state index contributed by atoms with van der Waals surface area (Å²) in [4.78, 5) is 41.0. The maximum atomic E-state index is 14.7. The minimum atomic E-state index is -0.449. The summed E-state index contributed by atoms with van der Waals surface area (Å²) in [5, 5.41) is 13.1. The number of nitrogens with one attached hydrogen (secondary N) is 1. The molecule has 0 aromatic rings. The van der Waals surface area contributed by atoms with Crippen LogP contribution in [0.4, 0.5) is 0 Å². The van der Waals surface area contributed by atoms with Gasteiger partial charge in [0.15, 0.2) is 11.6 Å². The van der Waals surface area contributed by atoms with Crippen LogP contribution in [0.25, 0.3) is 0 Å². The molecule has 0 unspecified atom stereocenters. The Balaban J connectivity index is 1.27. The van der Waals surface area contributed by atoms with E-state index in [1.54, 1.807) is 0 Å². The second kappa shape index (κ2) is 8.90. The molecule has 226 valence electrons. The lowest BCUT2D eigenvalue weighted by Crippen LogP contribution is -2.64. The van der Waals surface area contributed by atoms with Gasteiger partial charge < -0.3 is 10.1 Å². The van der Waals surface area contributed by atoms with Gasteiger partial charge in [0.05, 0.1) is 24.8 Å². The van der Waals surface area contributed by atoms with Crippen molar-refractivity contribution in [2.75, 3.05) is 13.2 Å². The highest BCUT2D eigenvalue weighted by atomic mass is 16.5. The van der Waals surface area contributed by atoms with E-state index in [1.165, 1.54) is 5.57 Å². The molecule has 1 heterocycles. The number of allylic oxidation sites excluding steroid dienone is 4. The molecule has 7 aliphatic rings. The quantitative estimate of drug-likeness (QED) is 0.429. The third-order valence-electron chi connectivity index (χ3n) is 14.3. The summed E-state index contributed by atoms with van der Waals surface area (Å²) in [5.74, 6) is 0.762. The van der Waals surface area contributed by atoms with Gasteiger partial charge in [0.1, 0.15) is 6.07 Å². The van der Waals surface area contributed by atoms with Gasteiger partial charge >= 0.3 is 0 Å². The van der Waals surface area contributed by atoms with Crippen molar-refractivity contribution in [2.24, 2.45) is 50.2 Å². The van der Waals surface area contributed by atoms with E-state index in [0.717, 1.165) is 64.2 Å². The lowest BCUT2D eigenvalue weighted by Gasteiger charge is -2.69. The molecule has 1 spiro atoms. The van der Waals surface area contributed by atoms with E-state index in [1.807, 2.05) is 12.2 Å². The van der Waals surface area contributed by atoms with Crippen molar-refractivity contribution in [1.82, 2.24) is 5.32 Å². The minimum Gasteiger partial charge on any atom is -0.377 e. The molecule has 6 nitrogen and oxygen atoms in total. The number of nitrogens with zero attached hydrogens (tertiary/aromatic N) is 1. The summed E-state index contributed by atoms with van der Waals surface area (Å²) in [5.41, 5.74) is 0.432. The fraction of sp³-hybridized carbons (Fsp3) is 0.778. The standard InChI is InChI=1S/C36H48N2O4/c1-31(2)10-12-35(9-7-28(40)38-23-20-42-21-23)13-11-34(5)29(24(35)18-31)25(39)16-27-32(3)17-22(19-37)30(41)36(14-15-36)26(32)6-8-33(27,34)4/h16-17,23-24,26,29H,6-15,18,20-21H2,1-5H3,(H,38,40)/t24-,26+,29-,32-,33+,34+,35+/m0/s1. The van der Waals surface area contributed by atoms with Crippen molar-refractivity contribution in [3.05, 3.63) is 23.3 Å². The summed E-state index contributed by atoms with van der Waals surface area (Å²) in [6.07, 6.45) is 14.3. The molecule has 0 aromatic carbocycles. The van der Waals surface area contributed by atoms with E-state index in [4.69, 9.17) is 4.74 Å². The third kappa shape index (κ3) is 3.67. The third-order valence-corrected chi connectivity index (χ3v) is 14.3. The van der Waals surface area contributed by atoms with Gasteiger partial charge in [-0.3, -0.25) is 14.4 Å². The van der Waals surface area contributed by atoms with E-state index >= 15 is 0 Å². The number of Topliss-reactive ketones (excluding diaryl/α,β-unsaturated/α-hetero) is 1. The molecule has 1 saturated heterocycles. The van der Waals surface area contributed by atoms with Gasteiger partial charge in [0.25, 0.3) is 0 Å². The number of rotatable bonds is 4. The van der Waals surface area contributed by atoms with Crippen molar-refractivity contribution in [3.63, 3.8) is 0 Å². The van der Waals surface area contributed by atoms with E-state index in [-0.39, 0.29) is 62.9 Å². The van der Waals surface area contributed by atoms with E-state index in [9.17, 15) is 19.6 Å². The molecular weight excluding hydrogens is 524 g/mol. The van der Waals surface area contributed by atoms with Crippen LogP contribution in [0.3, 0.4) is 0 Å². The molecule has 5 fully saturated rings. The van der Waals surface area contributed by atoms with Crippen LogP contribution in [-0.2, 0) is 19.1 Å². The van der Waals surface area contributed by atoms with Gasteiger partial charge in [-0.1, -0.05) is 46.3 Å². The predicted octanol–water partition coefficient (Wildman–Crippen LogP) is 6.26. The Bertz CT molecular complexity index is 1360. The second-order valence-electron chi connectivity index (χ2n) is 16.9. The molecule has 0 aromatic heterocycles. The van der Waals surface area contributed by atoms with Crippen molar-refractivity contribution >= 4 is 17.5 Å². The molecule has 0 radical (unpaired) electrons. The van der Waals surface area contributed by atoms with E-state index in [0.29, 0.717) is 25.2 Å². The lowest BCUT2D eigenvalue weighted by atomic mass is 9.34. The van der Waals surface area contributed by atoms with Crippen molar-refractivity contribution < 1.29 is 19.1 Å². The first-order valence-corrected chi connectivity index (χ1v) is 16.6. The van der Waals surface area contributed by atoms with Crippen molar-refractivity contribution in [2.45, 2.75) is 111 Å². The Morgan fingerprint density at radius 2 is 1.74 bits per heavy atom. The van der Waals surface area contributed by atoms with Gasteiger partial charge in [0.2, 0.25) is 5.91 Å². The average molecular weight is 573 g/mol. The number of ketones is 2. The van der Waals surface area contributed by atoms with Crippen LogP contribution in [0.5, 0.6) is 0 Å². The monoisotopic (exact) mass is 572 g/mol. The number of amides is 1. The summed E-state index contributed by atoms with van der Waals surface area (Å²) in [7, 11) is 0. The fourth-order valence-electron chi connectivity index (χ4n) is 11.5. The van der Waals surface area contributed by atoms with Gasteiger partial charge in [-0.15, -0.1) is 0 Å². The van der Waals surface area contributed by atoms with Crippen LogP contribution >= 0.6 is 0 Å². The van der Waals surface area contributed by atoms with Crippen LogP contribution in [-0.4, -0.2) is 36.7 Å². The minimum absolute atomic E-state index is 0.00876. The second-order valence-corrected chi connectivity index (χ2v) is 16.9. The lowest BCUT2D eigenvalue weighted by molar-refractivity contribution is -0.172. The SMILES string of the molecule is CC1(C)CC[C@]2(CCC(=O)NC3COC3)CC[C@]3(C)[C@H](C(=O)C=C4[C@@]5(C)C=C(C#N)C(=O)C6(CC6)[C@@H]5CC[C@]43C)[C@@H]2C1. The Labute approximate surface area is 251 Å². The molecule has 1 amide bonds. The smallest absolute Gasteiger partial charge is 0.220 e. The Hall–Kier alpha value is -2.26. The summed E-state index contributed by atoms with van der Waals surface area (Å²) in [6, 6.07) is 2.39. The van der Waals surface area contributed by atoms with Crippen LogP contribution in [0.15, 0.2) is 23.3 Å². The fourth-order valence-corrected chi connectivity index (χ4v) is 11.5. The number of carbonyl (C=O) groups is 3. The number of carbonyl (C=O) groups excluding carboxylic acids is 3. The van der Waals surface area contributed by atoms with E-state index in [2.05, 4.69) is 46.0 Å². The molecule has 42 heavy (non-hydrogen) atoms. The Morgan fingerprint density at radius 1 is 1.02 bits per heavy atom. The number of hydrogen-bond donors (Lipinski definition) is 1. The molecule has 4 saturated carbocycles. The summed E-state index contributed by atoms with van der Waals surface area (Å²) >= 11 is 0. The van der Waals surface area contributed by atoms with Crippen molar-refractivity contribution in [3.8, 4) is 6.07 Å². The molecular formula is C36H48N2O4. The largest absolute Gasteiger partial charge is 0.377 e. The van der Waals surface area contributed by atoms with Crippen LogP contribution in [0.2, 0.25) is 0 Å². The van der Waals surface area contributed by atoms with Gasteiger partial charge in [-0.25, -0.2) is 0 Å².